The monoisotopic (exact) mass is 313 g/mol. The number of nitriles is 1. The van der Waals surface area contributed by atoms with Crippen molar-refractivity contribution >= 4 is 9.84 Å². The molecular weight excluding hydrogens is 286 g/mol. The van der Waals surface area contributed by atoms with E-state index in [1.54, 1.807) is 0 Å². The van der Waals surface area contributed by atoms with Gasteiger partial charge >= 0.3 is 0 Å². The molecule has 2 aliphatic rings. The van der Waals surface area contributed by atoms with Crippen LogP contribution in [-0.4, -0.2) is 30.6 Å². The Morgan fingerprint density at radius 3 is 2.24 bits per heavy atom. The van der Waals surface area contributed by atoms with E-state index >= 15 is 0 Å². The van der Waals surface area contributed by atoms with Gasteiger partial charge < -0.3 is 5.11 Å². The summed E-state index contributed by atoms with van der Waals surface area (Å²) in [4.78, 5) is 0. The molecule has 0 radical (unpaired) electrons. The first-order valence-corrected chi connectivity index (χ1v) is 9.76. The predicted octanol–water partition coefficient (Wildman–Crippen LogP) is 2.67. The minimum Gasteiger partial charge on any atom is -0.388 e. The molecule has 1 N–H and O–H groups in total. The molecule has 0 aromatic carbocycles. The van der Waals surface area contributed by atoms with E-state index in [1.165, 1.54) is 0 Å². The van der Waals surface area contributed by atoms with Gasteiger partial charge in [0, 0.05) is 0 Å². The van der Waals surface area contributed by atoms with Crippen LogP contribution in [-0.2, 0) is 9.84 Å². The van der Waals surface area contributed by atoms with Crippen molar-refractivity contribution in [2.75, 3.05) is 11.5 Å². The highest BCUT2D eigenvalue weighted by Gasteiger charge is 2.58. The highest BCUT2D eigenvalue weighted by atomic mass is 32.2. The first-order chi connectivity index (χ1) is 9.60. The zero-order valence-electron chi connectivity index (χ0n) is 13.4. The SMILES string of the molecule is CCC(C)(C)C1CCC(O)(C2(C#N)CCS(=O)(=O)C2)CC1. The molecule has 2 fully saturated rings. The van der Waals surface area contributed by atoms with Gasteiger partial charge in [-0.15, -0.1) is 0 Å². The largest absolute Gasteiger partial charge is 0.388 e. The number of hydrogen-bond acceptors (Lipinski definition) is 4. The van der Waals surface area contributed by atoms with Gasteiger partial charge in [0.2, 0.25) is 0 Å². The molecule has 5 heteroatoms. The Morgan fingerprint density at radius 2 is 1.86 bits per heavy atom. The molecular formula is C16H27NO3S. The lowest BCUT2D eigenvalue weighted by molar-refractivity contribution is -0.0914. The normalized spacial score (nSPS) is 39.9. The van der Waals surface area contributed by atoms with Crippen molar-refractivity contribution in [1.82, 2.24) is 0 Å². The first kappa shape index (κ1) is 16.8. The van der Waals surface area contributed by atoms with Gasteiger partial charge in [0.1, 0.15) is 5.41 Å². The number of rotatable bonds is 3. The molecule has 1 saturated carbocycles. The minimum atomic E-state index is -3.18. The maximum absolute atomic E-state index is 11.8. The molecule has 2 rings (SSSR count). The van der Waals surface area contributed by atoms with Gasteiger partial charge in [-0.05, 0) is 43.4 Å². The van der Waals surface area contributed by atoms with E-state index in [0.29, 0.717) is 18.8 Å². The maximum Gasteiger partial charge on any atom is 0.152 e. The van der Waals surface area contributed by atoms with Gasteiger partial charge in [0.25, 0.3) is 0 Å². The summed E-state index contributed by atoms with van der Waals surface area (Å²) >= 11 is 0. The first-order valence-electron chi connectivity index (χ1n) is 7.94. The van der Waals surface area contributed by atoms with Gasteiger partial charge in [0.05, 0.1) is 23.2 Å². The zero-order valence-corrected chi connectivity index (χ0v) is 14.2. The lowest BCUT2D eigenvalue weighted by Crippen LogP contribution is -2.51. The summed E-state index contributed by atoms with van der Waals surface area (Å²) in [6, 6.07) is 2.18. The Labute approximate surface area is 128 Å². The number of hydrogen-bond donors (Lipinski definition) is 1. The minimum absolute atomic E-state index is 0.0345. The third kappa shape index (κ3) is 2.85. The van der Waals surface area contributed by atoms with Crippen molar-refractivity contribution < 1.29 is 13.5 Å². The molecule has 1 aliphatic carbocycles. The highest BCUT2D eigenvalue weighted by molar-refractivity contribution is 7.91. The van der Waals surface area contributed by atoms with Crippen LogP contribution in [0.25, 0.3) is 0 Å². The third-order valence-electron chi connectivity index (χ3n) is 6.24. The van der Waals surface area contributed by atoms with Crippen molar-refractivity contribution in [2.45, 2.75) is 64.9 Å². The lowest BCUT2D eigenvalue weighted by atomic mass is 9.59. The van der Waals surface area contributed by atoms with Crippen LogP contribution in [0.1, 0.15) is 59.3 Å². The van der Waals surface area contributed by atoms with E-state index in [4.69, 9.17) is 0 Å². The topological polar surface area (TPSA) is 78.2 Å². The van der Waals surface area contributed by atoms with E-state index in [1.807, 2.05) is 0 Å². The molecule has 0 aromatic heterocycles. The lowest BCUT2D eigenvalue weighted by Gasteiger charge is -2.47. The Kier molecular flexibility index (Phi) is 4.18. The number of sulfone groups is 1. The van der Waals surface area contributed by atoms with Gasteiger partial charge in [-0.25, -0.2) is 8.42 Å². The van der Waals surface area contributed by atoms with E-state index in [9.17, 15) is 18.8 Å². The van der Waals surface area contributed by atoms with Crippen LogP contribution in [0.15, 0.2) is 0 Å². The van der Waals surface area contributed by atoms with Crippen molar-refractivity contribution in [3.8, 4) is 6.07 Å². The van der Waals surface area contributed by atoms with Crippen LogP contribution in [0.3, 0.4) is 0 Å². The second-order valence-electron chi connectivity index (χ2n) is 7.68. The molecule has 0 bridgehead atoms. The van der Waals surface area contributed by atoms with Crippen LogP contribution in [0, 0.1) is 28.1 Å². The zero-order chi connectivity index (χ0) is 15.9. The summed E-state index contributed by atoms with van der Waals surface area (Å²) in [6.07, 6.45) is 4.22. The molecule has 1 aliphatic heterocycles. The maximum atomic E-state index is 11.8. The number of nitrogens with zero attached hydrogens (tertiary/aromatic N) is 1. The average Bonchev–Trinajstić information content (AvgIpc) is 2.76. The van der Waals surface area contributed by atoms with Gasteiger partial charge in [-0.3, -0.25) is 0 Å². The molecule has 1 atom stereocenters. The van der Waals surface area contributed by atoms with Crippen LogP contribution in [0.4, 0.5) is 0 Å². The van der Waals surface area contributed by atoms with Crippen LogP contribution in [0.2, 0.25) is 0 Å². The van der Waals surface area contributed by atoms with Crippen molar-refractivity contribution in [1.29, 1.82) is 5.26 Å². The van der Waals surface area contributed by atoms with E-state index < -0.39 is 20.9 Å². The molecule has 1 unspecified atom stereocenters. The molecule has 21 heavy (non-hydrogen) atoms. The second kappa shape index (κ2) is 5.24. The van der Waals surface area contributed by atoms with E-state index in [0.717, 1.165) is 19.3 Å². The molecule has 1 heterocycles. The van der Waals surface area contributed by atoms with Crippen LogP contribution < -0.4 is 0 Å². The van der Waals surface area contributed by atoms with E-state index in [2.05, 4.69) is 26.8 Å². The van der Waals surface area contributed by atoms with Crippen molar-refractivity contribution in [3.05, 3.63) is 0 Å². The summed E-state index contributed by atoms with van der Waals surface area (Å²) in [6.45, 7) is 6.69. The standard InChI is InChI=1S/C16H27NO3S/c1-4-14(2,3)13-5-7-16(18,8-6-13)15(11-17)9-10-21(19,20)12-15/h13,18H,4-10,12H2,1-3H3. The Balaban J connectivity index is 2.17. The van der Waals surface area contributed by atoms with Gasteiger partial charge in [-0.2, -0.15) is 5.26 Å². The molecule has 4 nitrogen and oxygen atoms in total. The van der Waals surface area contributed by atoms with E-state index in [-0.39, 0.29) is 23.3 Å². The Bertz CT molecular complexity index is 538. The van der Waals surface area contributed by atoms with Crippen LogP contribution in [0.5, 0.6) is 0 Å². The third-order valence-corrected chi connectivity index (χ3v) is 8.00. The summed E-state index contributed by atoms with van der Waals surface area (Å²) in [5.41, 5.74) is -1.98. The Hall–Kier alpha value is -0.600. The summed E-state index contributed by atoms with van der Waals surface area (Å²) in [5.74, 6) is 0.401. The average molecular weight is 313 g/mol. The predicted molar refractivity (Wildman–Crippen MR) is 82.3 cm³/mol. The van der Waals surface area contributed by atoms with Gasteiger partial charge in [-0.1, -0.05) is 27.2 Å². The fraction of sp³-hybridized carbons (Fsp3) is 0.938. The quantitative estimate of drug-likeness (QED) is 0.869. The van der Waals surface area contributed by atoms with Crippen LogP contribution >= 0.6 is 0 Å². The summed E-state index contributed by atoms with van der Waals surface area (Å²) < 4.78 is 23.6. The molecule has 120 valence electrons. The molecule has 0 spiro atoms. The highest BCUT2D eigenvalue weighted by Crippen LogP contribution is 2.52. The smallest absolute Gasteiger partial charge is 0.152 e. The molecule has 0 aromatic rings. The second-order valence-corrected chi connectivity index (χ2v) is 9.87. The Morgan fingerprint density at radius 1 is 1.29 bits per heavy atom. The van der Waals surface area contributed by atoms with Crippen molar-refractivity contribution in [2.24, 2.45) is 16.7 Å². The van der Waals surface area contributed by atoms with Crippen molar-refractivity contribution in [3.63, 3.8) is 0 Å². The van der Waals surface area contributed by atoms with Gasteiger partial charge in [0.15, 0.2) is 9.84 Å². The summed E-state index contributed by atoms with van der Waals surface area (Å²) in [7, 11) is -3.18. The molecule has 0 amide bonds. The molecule has 1 saturated heterocycles. The fourth-order valence-electron chi connectivity index (χ4n) is 4.05. The number of aliphatic hydroxyl groups is 1. The summed E-state index contributed by atoms with van der Waals surface area (Å²) in [5, 5.41) is 20.6. The fourth-order valence-corrected chi connectivity index (χ4v) is 6.08.